The van der Waals surface area contributed by atoms with E-state index in [2.05, 4.69) is 28.0 Å². The van der Waals surface area contributed by atoms with Gasteiger partial charge in [-0.2, -0.15) is 0 Å². The van der Waals surface area contributed by atoms with Crippen molar-refractivity contribution in [1.29, 1.82) is 0 Å². The zero-order valence-corrected chi connectivity index (χ0v) is 11.1. The average molecular weight is 245 g/mol. The number of anilines is 2. The molecule has 0 unspecified atom stereocenters. The summed E-state index contributed by atoms with van der Waals surface area (Å²) in [5.41, 5.74) is 0. The molecule has 3 rings (SSSR count). The molecule has 0 bridgehead atoms. The second kappa shape index (κ2) is 5.59. The Morgan fingerprint density at radius 3 is 1.56 bits per heavy atom. The summed E-state index contributed by atoms with van der Waals surface area (Å²) in [7, 11) is 0. The van der Waals surface area contributed by atoms with Crippen LogP contribution in [0.5, 0.6) is 0 Å². The normalized spacial score (nSPS) is 21.1. The van der Waals surface area contributed by atoms with Gasteiger partial charge in [0.1, 0.15) is 11.6 Å². The number of rotatable bonds is 2. The SMILES string of the molecule is c1cc(N2CCCCC2)nc(N2CCCCC2)c1. The summed E-state index contributed by atoms with van der Waals surface area (Å²) < 4.78 is 0. The highest BCUT2D eigenvalue weighted by Gasteiger charge is 2.15. The van der Waals surface area contributed by atoms with Gasteiger partial charge in [-0.1, -0.05) is 6.07 Å². The van der Waals surface area contributed by atoms with E-state index in [1.54, 1.807) is 0 Å². The number of nitrogens with zero attached hydrogens (tertiary/aromatic N) is 3. The van der Waals surface area contributed by atoms with E-state index >= 15 is 0 Å². The lowest BCUT2D eigenvalue weighted by molar-refractivity contribution is 0.565. The van der Waals surface area contributed by atoms with Gasteiger partial charge in [0.25, 0.3) is 0 Å². The van der Waals surface area contributed by atoms with E-state index in [-0.39, 0.29) is 0 Å². The van der Waals surface area contributed by atoms with Crippen LogP contribution in [0.25, 0.3) is 0 Å². The standard InChI is InChI=1S/C15H23N3/c1-3-10-17(11-4-1)14-8-7-9-15(16-14)18-12-5-2-6-13-18/h7-9H,1-6,10-13H2. The van der Waals surface area contributed by atoms with E-state index in [9.17, 15) is 0 Å². The molecule has 0 aliphatic carbocycles. The Bertz CT molecular complexity index is 346. The van der Waals surface area contributed by atoms with Crippen LogP contribution in [0.15, 0.2) is 18.2 Å². The predicted molar refractivity (Wildman–Crippen MR) is 76.4 cm³/mol. The van der Waals surface area contributed by atoms with Gasteiger partial charge in [0.15, 0.2) is 0 Å². The lowest BCUT2D eigenvalue weighted by atomic mass is 10.1. The van der Waals surface area contributed by atoms with E-state index < -0.39 is 0 Å². The molecule has 0 aromatic carbocycles. The van der Waals surface area contributed by atoms with Gasteiger partial charge in [-0.05, 0) is 50.7 Å². The van der Waals surface area contributed by atoms with Gasteiger partial charge in [-0.15, -0.1) is 0 Å². The fraction of sp³-hybridized carbons (Fsp3) is 0.667. The Morgan fingerprint density at radius 2 is 1.11 bits per heavy atom. The Kier molecular flexibility index (Phi) is 3.67. The number of hydrogen-bond acceptors (Lipinski definition) is 3. The molecule has 0 amide bonds. The first-order valence-corrected chi connectivity index (χ1v) is 7.40. The van der Waals surface area contributed by atoms with Crippen LogP contribution in [0.1, 0.15) is 38.5 Å². The third-order valence-corrected chi connectivity index (χ3v) is 4.08. The lowest BCUT2D eigenvalue weighted by Gasteiger charge is -2.31. The Morgan fingerprint density at radius 1 is 0.667 bits per heavy atom. The summed E-state index contributed by atoms with van der Waals surface area (Å²) in [4.78, 5) is 9.75. The first kappa shape index (κ1) is 11.8. The van der Waals surface area contributed by atoms with Gasteiger partial charge in [0, 0.05) is 26.2 Å². The highest BCUT2D eigenvalue weighted by atomic mass is 15.2. The molecule has 3 heterocycles. The Hall–Kier alpha value is -1.25. The topological polar surface area (TPSA) is 19.4 Å². The molecule has 3 nitrogen and oxygen atoms in total. The molecule has 2 fully saturated rings. The maximum Gasteiger partial charge on any atom is 0.130 e. The van der Waals surface area contributed by atoms with Crippen LogP contribution in [-0.4, -0.2) is 31.2 Å². The summed E-state index contributed by atoms with van der Waals surface area (Å²) in [5.74, 6) is 2.36. The van der Waals surface area contributed by atoms with Crippen LogP contribution in [-0.2, 0) is 0 Å². The largest absolute Gasteiger partial charge is 0.357 e. The summed E-state index contributed by atoms with van der Waals surface area (Å²) in [6, 6.07) is 6.50. The molecule has 0 radical (unpaired) electrons. The summed E-state index contributed by atoms with van der Waals surface area (Å²) in [5, 5.41) is 0. The average Bonchev–Trinajstić information content (AvgIpc) is 2.49. The third-order valence-electron chi connectivity index (χ3n) is 4.08. The van der Waals surface area contributed by atoms with Gasteiger partial charge in [-0.25, -0.2) is 4.98 Å². The van der Waals surface area contributed by atoms with Gasteiger partial charge < -0.3 is 9.80 Å². The molecule has 3 heteroatoms. The molecule has 0 atom stereocenters. The van der Waals surface area contributed by atoms with E-state index in [4.69, 9.17) is 4.98 Å². The molecule has 98 valence electrons. The minimum Gasteiger partial charge on any atom is -0.357 e. The molecule has 0 N–H and O–H groups in total. The third kappa shape index (κ3) is 2.60. The molecular formula is C15H23N3. The number of pyridine rings is 1. The second-order valence-electron chi connectivity index (χ2n) is 5.45. The summed E-state index contributed by atoms with van der Waals surface area (Å²) >= 11 is 0. The molecule has 1 aromatic rings. The predicted octanol–water partition coefficient (Wildman–Crippen LogP) is 3.06. The van der Waals surface area contributed by atoms with Crippen LogP contribution in [0.4, 0.5) is 11.6 Å². The minimum atomic E-state index is 1.18. The van der Waals surface area contributed by atoms with E-state index in [1.807, 2.05) is 0 Å². The van der Waals surface area contributed by atoms with Crippen molar-refractivity contribution in [3.63, 3.8) is 0 Å². The van der Waals surface area contributed by atoms with Crippen LogP contribution in [0.2, 0.25) is 0 Å². The van der Waals surface area contributed by atoms with Crippen LogP contribution in [0.3, 0.4) is 0 Å². The van der Waals surface area contributed by atoms with Gasteiger partial charge in [-0.3, -0.25) is 0 Å². The van der Waals surface area contributed by atoms with Crippen LogP contribution < -0.4 is 9.80 Å². The fourth-order valence-corrected chi connectivity index (χ4v) is 3.01. The smallest absolute Gasteiger partial charge is 0.130 e. The molecule has 2 aliphatic rings. The van der Waals surface area contributed by atoms with Crippen molar-refractivity contribution < 1.29 is 0 Å². The first-order valence-electron chi connectivity index (χ1n) is 7.40. The molecule has 18 heavy (non-hydrogen) atoms. The highest BCUT2D eigenvalue weighted by Crippen LogP contribution is 2.23. The van der Waals surface area contributed by atoms with Crippen molar-refractivity contribution >= 4 is 11.6 Å². The molecule has 0 spiro atoms. The van der Waals surface area contributed by atoms with Crippen molar-refractivity contribution in [2.75, 3.05) is 36.0 Å². The van der Waals surface area contributed by atoms with Crippen molar-refractivity contribution in [3.05, 3.63) is 18.2 Å². The number of piperidine rings is 2. The first-order chi connectivity index (χ1) is 8.93. The van der Waals surface area contributed by atoms with Crippen molar-refractivity contribution in [2.24, 2.45) is 0 Å². The molecular weight excluding hydrogens is 222 g/mol. The van der Waals surface area contributed by atoms with Crippen LogP contribution >= 0.6 is 0 Å². The summed E-state index contributed by atoms with van der Waals surface area (Å²) in [6.45, 7) is 4.71. The monoisotopic (exact) mass is 245 g/mol. The maximum atomic E-state index is 4.87. The van der Waals surface area contributed by atoms with Crippen molar-refractivity contribution in [2.45, 2.75) is 38.5 Å². The zero-order chi connectivity index (χ0) is 12.2. The Labute approximate surface area is 110 Å². The van der Waals surface area contributed by atoms with E-state index in [1.165, 1.54) is 76.3 Å². The number of hydrogen-bond donors (Lipinski definition) is 0. The maximum absolute atomic E-state index is 4.87. The van der Waals surface area contributed by atoms with Gasteiger partial charge in [0.05, 0.1) is 0 Å². The molecule has 2 aliphatic heterocycles. The van der Waals surface area contributed by atoms with E-state index in [0.717, 1.165) is 0 Å². The minimum absolute atomic E-state index is 1.18. The summed E-state index contributed by atoms with van der Waals surface area (Å²) in [6.07, 6.45) is 8.01. The fourth-order valence-electron chi connectivity index (χ4n) is 3.01. The molecule has 0 saturated carbocycles. The van der Waals surface area contributed by atoms with E-state index in [0.29, 0.717) is 0 Å². The molecule has 1 aromatic heterocycles. The molecule has 2 saturated heterocycles. The quantitative estimate of drug-likeness (QED) is 0.798. The van der Waals surface area contributed by atoms with Gasteiger partial charge >= 0.3 is 0 Å². The van der Waals surface area contributed by atoms with Gasteiger partial charge in [0.2, 0.25) is 0 Å². The highest BCUT2D eigenvalue weighted by molar-refractivity contribution is 5.49. The van der Waals surface area contributed by atoms with Crippen LogP contribution in [0, 0.1) is 0 Å². The second-order valence-corrected chi connectivity index (χ2v) is 5.45. The zero-order valence-electron chi connectivity index (χ0n) is 11.1. The van der Waals surface area contributed by atoms with Crippen molar-refractivity contribution in [3.8, 4) is 0 Å². The lowest BCUT2D eigenvalue weighted by Crippen LogP contribution is -2.32. The van der Waals surface area contributed by atoms with Crippen molar-refractivity contribution in [1.82, 2.24) is 4.98 Å². The number of aromatic nitrogens is 1. The Balaban J connectivity index is 1.75.